The maximum atomic E-state index is 12.6. The molecule has 0 fully saturated rings. The summed E-state index contributed by atoms with van der Waals surface area (Å²) < 4.78 is 42.9. The van der Waals surface area contributed by atoms with E-state index in [1.165, 1.54) is 13.2 Å². The number of aryl methyl sites for hydroxylation is 1. The number of ether oxygens (including phenoxy) is 1. The van der Waals surface area contributed by atoms with E-state index in [0.29, 0.717) is 17.5 Å². The van der Waals surface area contributed by atoms with Crippen LogP contribution in [0, 0.1) is 0 Å². The van der Waals surface area contributed by atoms with E-state index in [0.717, 1.165) is 6.07 Å². The minimum atomic E-state index is -4.30. The van der Waals surface area contributed by atoms with Crippen LogP contribution in [0.2, 0.25) is 0 Å². The first-order valence-electron chi connectivity index (χ1n) is 5.12. The highest BCUT2D eigenvalue weighted by molar-refractivity contribution is 5.33. The molecular formula is C12H15F3O. The van der Waals surface area contributed by atoms with Crippen LogP contribution in [0.4, 0.5) is 13.2 Å². The Hall–Kier alpha value is -1.03. The van der Waals surface area contributed by atoms with Crippen molar-refractivity contribution in [3.8, 4) is 0 Å². The third-order valence-corrected chi connectivity index (χ3v) is 2.57. The van der Waals surface area contributed by atoms with Crippen LogP contribution in [0.3, 0.4) is 0 Å². The standard InChI is InChI=1S/C12H15F3O/c1-4-9-5-10(8(2)16-3)7-11(6-9)12(13,14)15/h5-8H,4H2,1-3H3/t8-/m1/s1. The van der Waals surface area contributed by atoms with Crippen molar-refractivity contribution in [2.75, 3.05) is 7.11 Å². The molecule has 0 aliphatic carbocycles. The van der Waals surface area contributed by atoms with Gasteiger partial charge in [0.1, 0.15) is 0 Å². The van der Waals surface area contributed by atoms with Gasteiger partial charge in [0.15, 0.2) is 0 Å². The first-order chi connectivity index (χ1) is 7.38. The summed E-state index contributed by atoms with van der Waals surface area (Å²) in [5.74, 6) is 0. The lowest BCUT2D eigenvalue weighted by Gasteiger charge is -2.15. The predicted molar refractivity (Wildman–Crippen MR) is 56.2 cm³/mol. The summed E-state index contributed by atoms with van der Waals surface area (Å²) in [5.41, 5.74) is 0.633. The second kappa shape index (κ2) is 4.87. The van der Waals surface area contributed by atoms with Gasteiger partial charge in [-0.3, -0.25) is 0 Å². The monoisotopic (exact) mass is 232 g/mol. The molecule has 0 aliphatic rings. The molecule has 4 heteroatoms. The molecule has 0 heterocycles. The lowest BCUT2D eigenvalue weighted by Crippen LogP contribution is -2.08. The number of hydrogen-bond donors (Lipinski definition) is 0. The molecule has 1 nitrogen and oxygen atoms in total. The van der Waals surface area contributed by atoms with Crippen LogP contribution in [-0.4, -0.2) is 7.11 Å². The zero-order chi connectivity index (χ0) is 12.3. The second-order valence-corrected chi connectivity index (χ2v) is 3.69. The fourth-order valence-corrected chi connectivity index (χ4v) is 1.46. The van der Waals surface area contributed by atoms with Crippen molar-refractivity contribution in [1.29, 1.82) is 0 Å². The number of alkyl halides is 3. The van der Waals surface area contributed by atoms with E-state index in [1.54, 1.807) is 13.0 Å². The summed E-state index contributed by atoms with van der Waals surface area (Å²) in [6.07, 6.45) is -4.05. The Labute approximate surface area is 93.2 Å². The largest absolute Gasteiger partial charge is 0.416 e. The molecule has 0 unspecified atom stereocenters. The quantitative estimate of drug-likeness (QED) is 0.766. The van der Waals surface area contributed by atoms with Gasteiger partial charge in [-0.15, -0.1) is 0 Å². The topological polar surface area (TPSA) is 9.23 Å². The maximum Gasteiger partial charge on any atom is 0.416 e. The van der Waals surface area contributed by atoms with Gasteiger partial charge >= 0.3 is 6.18 Å². The van der Waals surface area contributed by atoms with Crippen LogP contribution < -0.4 is 0 Å². The molecule has 0 aromatic heterocycles. The van der Waals surface area contributed by atoms with Gasteiger partial charge in [0.05, 0.1) is 11.7 Å². The molecule has 0 saturated heterocycles. The molecule has 0 saturated carbocycles. The van der Waals surface area contributed by atoms with Crippen LogP contribution in [0.25, 0.3) is 0 Å². The third-order valence-electron chi connectivity index (χ3n) is 2.57. The first kappa shape index (κ1) is 13.0. The zero-order valence-corrected chi connectivity index (χ0v) is 9.56. The molecule has 0 spiro atoms. The Kier molecular flexibility index (Phi) is 3.97. The highest BCUT2D eigenvalue weighted by atomic mass is 19.4. The lowest BCUT2D eigenvalue weighted by molar-refractivity contribution is -0.137. The molecule has 1 rings (SSSR count). The Balaban J connectivity index is 3.21. The highest BCUT2D eigenvalue weighted by Gasteiger charge is 2.31. The minimum absolute atomic E-state index is 0.326. The Morgan fingerprint density at radius 2 is 1.88 bits per heavy atom. The Morgan fingerprint density at radius 1 is 1.25 bits per heavy atom. The van der Waals surface area contributed by atoms with Crippen molar-refractivity contribution < 1.29 is 17.9 Å². The fourth-order valence-electron chi connectivity index (χ4n) is 1.46. The van der Waals surface area contributed by atoms with Crippen LogP contribution in [0.15, 0.2) is 18.2 Å². The third kappa shape index (κ3) is 2.98. The van der Waals surface area contributed by atoms with Crippen molar-refractivity contribution in [3.05, 3.63) is 34.9 Å². The number of hydrogen-bond acceptors (Lipinski definition) is 1. The second-order valence-electron chi connectivity index (χ2n) is 3.69. The highest BCUT2D eigenvalue weighted by Crippen LogP contribution is 2.32. The van der Waals surface area contributed by atoms with E-state index in [9.17, 15) is 13.2 Å². The van der Waals surface area contributed by atoms with Gasteiger partial charge in [-0.25, -0.2) is 0 Å². The molecule has 0 amide bonds. The summed E-state index contributed by atoms with van der Waals surface area (Å²) in [6.45, 7) is 3.56. The van der Waals surface area contributed by atoms with Gasteiger partial charge in [-0.05, 0) is 36.6 Å². The van der Waals surface area contributed by atoms with E-state index in [2.05, 4.69) is 0 Å². The molecular weight excluding hydrogens is 217 g/mol. The number of methoxy groups -OCH3 is 1. The van der Waals surface area contributed by atoms with Crippen LogP contribution in [0.1, 0.15) is 36.6 Å². The van der Waals surface area contributed by atoms with Crippen molar-refractivity contribution in [2.45, 2.75) is 32.5 Å². The summed E-state index contributed by atoms with van der Waals surface area (Å²) in [5, 5.41) is 0. The van der Waals surface area contributed by atoms with E-state index < -0.39 is 11.7 Å². The predicted octanol–water partition coefficient (Wildman–Crippen LogP) is 3.98. The molecule has 0 aliphatic heterocycles. The first-order valence-corrected chi connectivity index (χ1v) is 5.12. The summed E-state index contributed by atoms with van der Waals surface area (Å²) >= 11 is 0. The van der Waals surface area contributed by atoms with Crippen molar-refractivity contribution in [2.24, 2.45) is 0 Å². The van der Waals surface area contributed by atoms with E-state index in [4.69, 9.17) is 4.74 Å². The lowest BCUT2D eigenvalue weighted by atomic mass is 10.0. The number of rotatable bonds is 3. The van der Waals surface area contributed by atoms with Crippen molar-refractivity contribution >= 4 is 0 Å². The van der Waals surface area contributed by atoms with Gasteiger partial charge in [0, 0.05) is 7.11 Å². The van der Waals surface area contributed by atoms with Crippen LogP contribution >= 0.6 is 0 Å². The van der Waals surface area contributed by atoms with E-state index >= 15 is 0 Å². The SMILES string of the molecule is CCc1cc([C@@H](C)OC)cc(C(F)(F)F)c1. The van der Waals surface area contributed by atoms with Gasteiger partial charge in [-0.1, -0.05) is 13.0 Å². The van der Waals surface area contributed by atoms with Gasteiger partial charge in [-0.2, -0.15) is 13.2 Å². The zero-order valence-electron chi connectivity index (χ0n) is 9.56. The molecule has 90 valence electrons. The van der Waals surface area contributed by atoms with Gasteiger partial charge in [0.2, 0.25) is 0 Å². The fraction of sp³-hybridized carbons (Fsp3) is 0.500. The van der Waals surface area contributed by atoms with Crippen molar-refractivity contribution in [1.82, 2.24) is 0 Å². The van der Waals surface area contributed by atoms with Gasteiger partial charge < -0.3 is 4.74 Å². The molecule has 1 atom stereocenters. The van der Waals surface area contributed by atoms with Crippen LogP contribution in [-0.2, 0) is 17.3 Å². The number of benzene rings is 1. The molecule has 0 bridgehead atoms. The molecule has 16 heavy (non-hydrogen) atoms. The molecule has 0 radical (unpaired) electrons. The maximum absolute atomic E-state index is 12.6. The van der Waals surface area contributed by atoms with Gasteiger partial charge in [0.25, 0.3) is 0 Å². The van der Waals surface area contributed by atoms with E-state index in [-0.39, 0.29) is 6.10 Å². The minimum Gasteiger partial charge on any atom is -0.377 e. The van der Waals surface area contributed by atoms with E-state index in [1.807, 2.05) is 6.92 Å². The molecule has 1 aromatic rings. The van der Waals surface area contributed by atoms with Crippen molar-refractivity contribution in [3.63, 3.8) is 0 Å². The normalized spacial score (nSPS) is 13.9. The number of halogens is 3. The average molecular weight is 232 g/mol. The summed E-state index contributed by atoms with van der Waals surface area (Å²) in [7, 11) is 1.48. The molecule has 0 N–H and O–H groups in total. The average Bonchev–Trinajstić information content (AvgIpc) is 2.26. The van der Waals surface area contributed by atoms with Crippen LogP contribution in [0.5, 0.6) is 0 Å². The molecule has 1 aromatic carbocycles. The Bertz CT molecular complexity index is 358. The summed E-state index contributed by atoms with van der Waals surface area (Å²) in [6, 6.07) is 4.09. The smallest absolute Gasteiger partial charge is 0.377 e. The summed E-state index contributed by atoms with van der Waals surface area (Å²) in [4.78, 5) is 0. The Morgan fingerprint density at radius 3 is 2.31 bits per heavy atom.